The van der Waals surface area contributed by atoms with Crippen LogP contribution in [0.1, 0.15) is 17.9 Å². The minimum Gasteiger partial charge on any atom is -0.497 e. The summed E-state index contributed by atoms with van der Waals surface area (Å²) in [6, 6.07) is 5.38. The summed E-state index contributed by atoms with van der Waals surface area (Å²) in [5, 5.41) is 40.9. The van der Waals surface area contributed by atoms with Crippen molar-refractivity contribution in [1.29, 1.82) is 0 Å². The van der Waals surface area contributed by atoms with Gasteiger partial charge in [0.1, 0.15) is 5.75 Å². The third-order valence-corrected chi connectivity index (χ3v) is 4.27. The van der Waals surface area contributed by atoms with Gasteiger partial charge in [-0.3, -0.25) is 0 Å². The van der Waals surface area contributed by atoms with Gasteiger partial charge in [0.05, 0.1) is 13.0 Å². The van der Waals surface area contributed by atoms with Gasteiger partial charge in [-0.05, 0) is 30.8 Å². The van der Waals surface area contributed by atoms with Gasteiger partial charge in [0.25, 0.3) is 0 Å². The van der Waals surface area contributed by atoms with E-state index in [0.717, 1.165) is 15.8 Å². The van der Waals surface area contributed by atoms with E-state index in [-0.39, 0.29) is 6.42 Å². The van der Waals surface area contributed by atoms with Crippen LogP contribution in [0.15, 0.2) is 24.4 Å². The third kappa shape index (κ3) is 2.02. The normalized spacial score (nSPS) is 24.6. The fraction of sp³-hybridized carbons (Fsp3) is 0.429. The van der Waals surface area contributed by atoms with Gasteiger partial charge in [0, 0.05) is 23.5 Å². The quantitative estimate of drug-likeness (QED) is 0.494. The van der Waals surface area contributed by atoms with Gasteiger partial charge in [-0.1, -0.05) is 0 Å². The summed E-state index contributed by atoms with van der Waals surface area (Å²) in [4.78, 5) is 3.78. The number of hydrogen-bond donors (Lipinski definition) is 5. The Kier molecular flexibility index (Phi) is 3.01. The Balaban J connectivity index is 2.12. The number of nitrogens with one attached hydrogen (secondary N) is 1. The molecule has 0 saturated carbocycles. The van der Waals surface area contributed by atoms with Crippen molar-refractivity contribution in [3.05, 3.63) is 30.0 Å². The van der Waals surface area contributed by atoms with Crippen molar-refractivity contribution in [2.45, 2.75) is 24.2 Å². The van der Waals surface area contributed by atoms with Crippen molar-refractivity contribution in [1.82, 2.24) is 9.88 Å². The third-order valence-electron chi connectivity index (χ3n) is 4.27. The number of nitrogens with zero attached hydrogens (tertiary/aromatic N) is 1. The first-order valence-corrected chi connectivity index (χ1v) is 6.56. The zero-order valence-electron chi connectivity index (χ0n) is 11.7. The molecule has 114 valence electrons. The zero-order chi connectivity index (χ0) is 15.4. The first-order chi connectivity index (χ1) is 9.77. The van der Waals surface area contributed by atoms with Crippen molar-refractivity contribution in [3.63, 3.8) is 0 Å². The first-order valence-electron chi connectivity index (χ1n) is 6.56. The molecule has 1 fully saturated rings. The second-order valence-corrected chi connectivity index (χ2v) is 5.43. The van der Waals surface area contributed by atoms with Crippen LogP contribution in [0.2, 0.25) is 0 Å². The summed E-state index contributed by atoms with van der Waals surface area (Å²) in [5.41, 5.74) is 1.39. The van der Waals surface area contributed by atoms with E-state index in [9.17, 15) is 20.4 Å². The van der Waals surface area contributed by atoms with Crippen molar-refractivity contribution < 1.29 is 25.2 Å². The number of ether oxygens (including phenoxy) is 1. The maximum Gasteiger partial charge on any atom is 0.236 e. The van der Waals surface area contributed by atoms with Gasteiger partial charge in [-0.15, -0.1) is 0 Å². The number of hydrogen-bond acceptors (Lipinski definition) is 6. The molecule has 7 heteroatoms. The molecule has 0 amide bonds. The lowest BCUT2D eigenvalue weighted by atomic mass is 9.94. The number of rotatable bonds is 2. The number of benzene rings is 1. The molecule has 1 atom stereocenters. The van der Waals surface area contributed by atoms with Crippen LogP contribution in [0.5, 0.6) is 5.75 Å². The number of aromatic nitrogens is 1. The predicted molar refractivity (Wildman–Crippen MR) is 74.3 cm³/mol. The van der Waals surface area contributed by atoms with Gasteiger partial charge in [0.15, 0.2) is 0 Å². The molecule has 0 radical (unpaired) electrons. The molecule has 21 heavy (non-hydrogen) atoms. The molecule has 7 nitrogen and oxygen atoms in total. The molecule has 1 aromatic carbocycles. The molecule has 3 rings (SSSR count). The van der Waals surface area contributed by atoms with Gasteiger partial charge >= 0.3 is 0 Å². The van der Waals surface area contributed by atoms with Crippen LogP contribution in [0.25, 0.3) is 10.9 Å². The van der Waals surface area contributed by atoms with Gasteiger partial charge in [0.2, 0.25) is 11.8 Å². The van der Waals surface area contributed by atoms with Crippen LogP contribution in [-0.2, 0) is 0 Å². The monoisotopic (exact) mass is 294 g/mol. The predicted octanol–water partition coefficient (Wildman–Crippen LogP) is -0.128. The number of likely N-dealkylation sites (N-methyl/N-ethyl adjacent to an activating group) is 1. The highest BCUT2D eigenvalue weighted by Crippen LogP contribution is 2.46. The van der Waals surface area contributed by atoms with Crippen molar-refractivity contribution in [2.24, 2.45) is 0 Å². The molecule has 1 aromatic heterocycles. The Morgan fingerprint density at radius 1 is 1.29 bits per heavy atom. The van der Waals surface area contributed by atoms with E-state index in [1.807, 2.05) is 6.07 Å². The minimum atomic E-state index is -2.36. The lowest BCUT2D eigenvalue weighted by molar-refractivity contribution is -0.336. The van der Waals surface area contributed by atoms with Crippen LogP contribution in [0, 0.1) is 0 Å². The molecule has 1 aliphatic rings. The van der Waals surface area contributed by atoms with E-state index >= 15 is 0 Å². The summed E-state index contributed by atoms with van der Waals surface area (Å²) in [6.45, 7) is 0. The number of aromatic amines is 1. The molecule has 1 unspecified atom stereocenters. The molecule has 5 N–H and O–H groups in total. The average molecular weight is 294 g/mol. The molecule has 2 aromatic rings. The Morgan fingerprint density at radius 3 is 2.57 bits per heavy atom. The van der Waals surface area contributed by atoms with E-state index < -0.39 is 17.7 Å². The SMILES string of the molecule is COc1ccc2[nH]cc(C3CC(O)(O)N(C)C3(O)O)c2c1. The van der Waals surface area contributed by atoms with E-state index in [2.05, 4.69) is 4.98 Å². The first kappa shape index (κ1) is 14.3. The standard InChI is InChI=1S/C14H18N2O5/c1-16-13(17,18)6-11(14(16,19)20)10-7-15-12-4-3-8(21-2)5-9(10)12/h3-5,7,11,15,17-20H,6H2,1-2H3. The highest BCUT2D eigenvalue weighted by Gasteiger charge is 2.58. The number of fused-ring (bicyclic) bond motifs is 1. The summed E-state index contributed by atoms with van der Waals surface area (Å²) in [6.07, 6.45) is 1.42. The lowest BCUT2D eigenvalue weighted by Crippen LogP contribution is -2.52. The Morgan fingerprint density at radius 2 is 2.00 bits per heavy atom. The second kappa shape index (κ2) is 4.43. The number of likely N-dealkylation sites (tertiary alicyclic amines) is 1. The number of methoxy groups -OCH3 is 1. The molecule has 0 spiro atoms. The molecule has 1 saturated heterocycles. The Bertz CT molecular complexity index is 679. The topological polar surface area (TPSA) is 109 Å². The Hall–Kier alpha value is -1.64. The van der Waals surface area contributed by atoms with E-state index in [4.69, 9.17) is 4.74 Å². The average Bonchev–Trinajstić information content (AvgIpc) is 2.91. The molecular weight excluding hydrogens is 276 g/mol. The lowest BCUT2D eigenvalue weighted by Gasteiger charge is -2.32. The summed E-state index contributed by atoms with van der Waals surface area (Å²) < 4.78 is 5.18. The maximum absolute atomic E-state index is 10.2. The van der Waals surface area contributed by atoms with Crippen LogP contribution >= 0.6 is 0 Å². The van der Waals surface area contributed by atoms with Gasteiger partial charge in [-0.2, -0.15) is 0 Å². The smallest absolute Gasteiger partial charge is 0.236 e. The van der Waals surface area contributed by atoms with Crippen molar-refractivity contribution in [2.75, 3.05) is 14.2 Å². The number of H-pyrrole nitrogens is 1. The van der Waals surface area contributed by atoms with E-state index in [1.165, 1.54) is 7.05 Å². The summed E-state index contributed by atoms with van der Waals surface area (Å²) in [7, 11) is 2.79. The van der Waals surface area contributed by atoms with Gasteiger partial charge in [-0.25, -0.2) is 4.90 Å². The largest absolute Gasteiger partial charge is 0.497 e. The van der Waals surface area contributed by atoms with Crippen molar-refractivity contribution >= 4 is 10.9 Å². The van der Waals surface area contributed by atoms with Gasteiger partial charge < -0.3 is 30.1 Å². The van der Waals surface area contributed by atoms with Crippen LogP contribution in [0.3, 0.4) is 0 Å². The van der Waals surface area contributed by atoms with Crippen molar-refractivity contribution in [3.8, 4) is 5.75 Å². The zero-order valence-corrected chi connectivity index (χ0v) is 11.7. The maximum atomic E-state index is 10.2. The molecule has 2 heterocycles. The molecular formula is C14H18N2O5. The fourth-order valence-electron chi connectivity index (χ4n) is 2.90. The number of aliphatic hydroxyl groups is 4. The summed E-state index contributed by atoms with van der Waals surface area (Å²) in [5.74, 6) is -4.88. The summed E-state index contributed by atoms with van der Waals surface area (Å²) >= 11 is 0. The minimum absolute atomic E-state index is 0.222. The van der Waals surface area contributed by atoms with Crippen LogP contribution in [-0.4, -0.2) is 56.3 Å². The second-order valence-electron chi connectivity index (χ2n) is 5.43. The van der Waals surface area contributed by atoms with E-state index in [1.54, 1.807) is 25.4 Å². The molecule has 0 bridgehead atoms. The van der Waals surface area contributed by atoms with Crippen LogP contribution < -0.4 is 4.74 Å². The highest BCUT2D eigenvalue weighted by molar-refractivity contribution is 5.85. The van der Waals surface area contributed by atoms with Crippen LogP contribution in [0.4, 0.5) is 0 Å². The fourth-order valence-corrected chi connectivity index (χ4v) is 2.90. The molecule has 1 aliphatic heterocycles. The Labute approximate surface area is 121 Å². The molecule has 0 aliphatic carbocycles. The van der Waals surface area contributed by atoms with E-state index in [0.29, 0.717) is 11.3 Å². The highest BCUT2D eigenvalue weighted by atomic mass is 16.6.